The van der Waals surface area contributed by atoms with Crippen LogP contribution >= 0.6 is 15.9 Å². The van der Waals surface area contributed by atoms with E-state index in [1.54, 1.807) is 24.3 Å². The van der Waals surface area contributed by atoms with Crippen LogP contribution in [0.4, 0.5) is 5.69 Å². The highest BCUT2D eigenvalue weighted by Crippen LogP contribution is 2.29. The minimum absolute atomic E-state index is 0.0417. The van der Waals surface area contributed by atoms with Crippen molar-refractivity contribution in [1.82, 2.24) is 4.98 Å². The van der Waals surface area contributed by atoms with Crippen molar-refractivity contribution >= 4 is 27.6 Å². The zero-order valence-electron chi connectivity index (χ0n) is 10.4. The Balaban J connectivity index is 2.56. The van der Waals surface area contributed by atoms with Crippen LogP contribution in [0.2, 0.25) is 0 Å². The van der Waals surface area contributed by atoms with Gasteiger partial charge in [0.05, 0.1) is 17.6 Å². The first-order chi connectivity index (χ1) is 9.52. The van der Waals surface area contributed by atoms with E-state index in [1.165, 1.54) is 13.3 Å². The van der Waals surface area contributed by atoms with Crippen LogP contribution in [0.3, 0.4) is 0 Å². The zero-order valence-corrected chi connectivity index (χ0v) is 12.0. The van der Waals surface area contributed by atoms with Gasteiger partial charge in [0.25, 0.3) is 5.69 Å². The van der Waals surface area contributed by atoms with Gasteiger partial charge in [0.15, 0.2) is 0 Å². The molecule has 7 heteroatoms. The van der Waals surface area contributed by atoms with Crippen LogP contribution in [0, 0.1) is 10.1 Å². The summed E-state index contributed by atoms with van der Waals surface area (Å²) in [4.78, 5) is 26.0. The third-order valence-electron chi connectivity index (χ3n) is 2.60. The first kappa shape index (κ1) is 14.1. The van der Waals surface area contributed by atoms with E-state index in [2.05, 4.69) is 25.7 Å². The van der Waals surface area contributed by atoms with E-state index < -0.39 is 10.9 Å². The lowest BCUT2D eigenvalue weighted by atomic mass is 10.1. The van der Waals surface area contributed by atoms with E-state index in [0.717, 1.165) is 10.5 Å². The summed E-state index contributed by atoms with van der Waals surface area (Å²) in [5.41, 5.74) is 0.599. The SMILES string of the molecule is COC(=O)c1cnc(-c2ccc(Br)cc2)c([N+](=O)[O-])c1. The summed E-state index contributed by atoms with van der Waals surface area (Å²) in [6.45, 7) is 0. The van der Waals surface area contributed by atoms with E-state index in [-0.39, 0.29) is 16.9 Å². The van der Waals surface area contributed by atoms with Crippen LogP contribution in [0.25, 0.3) is 11.3 Å². The zero-order chi connectivity index (χ0) is 14.7. The predicted octanol–water partition coefficient (Wildman–Crippen LogP) is 3.21. The number of pyridine rings is 1. The van der Waals surface area contributed by atoms with E-state index in [4.69, 9.17) is 0 Å². The molecular formula is C13H9BrN2O4. The number of ether oxygens (including phenoxy) is 1. The number of rotatable bonds is 3. The Morgan fingerprint density at radius 2 is 2.00 bits per heavy atom. The molecule has 0 aliphatic carbocycles. The van der Waals surface area contributed by atoms with Crippen molar-refractivity contribution in [2.45, 2.75) is 0 Å². The number of carbonyl (C=O) groups excluding carboxylic acids is 1. The van der Waals surface area contributed by atoms with Crippen LogP contribution in [0.15, 0.2) is 41.0 Å². The highest BCUT2D eigenvalue weighted by atomic mass is 79.9. The first-order valence-corrected chi connectivity index (χ1v) is 6.31. The summed E-state index contributed by atoms with van der Waals surface area (Å²) >= 11 is 3.29. The fraction of sp³-hybridized carbons (Fsp3) is 0.0769. The molecular weight excluding hydrogens is 328 g/mol. The van der Waals surface area contributed by atoms with Gasteiger partial charge in [-0.15, -0.1) is 0 Å². The topological polar surface area (TPSA) is 82.3 Å². The van der Waals surface area contributed by atoms with Gasteiger partial charge in [-0.1, -0.05) is 28.1 Å². The Kier molecular flexibility index (Phi) is 4.09. The highest BCUT2D eigenvalue weighted by Gasteiger charge is 2.20. The van der Waals surface area contributed by atoms with E-state index in [0.29, 0.717) is 5.56 Å². The van der Waals surface area contributed by atoms with Crippen LogP contribution in [-0.4, -0.2) is 23.0 Å². The van der Waals surface area contributed by atoms with Crippen molar-refractivity contribution in [3.63, 3.8) is 0 Å². The Hall–Kier alpha value is -2.28. The number of hydrogen-bond acceptors (Lipinski definition) is 5. The van der Waals surface area contributed by atoms with Gasteiger partial charge in [-0.25, -0.2) is 9.78 Å². The summed E-state index contributed by atoms with van der Waals surface area (Å²) in [7, 11) is 1.21. The molecule has 0 spiro atoms. The van der Waals surface area contributed by atoms with Gasteiger partial charge in [0.2, 0.25) is 0 Å². The number of hydrogen-bond donors (Lipinski definition) is 0. The van der Waals surface area contributed by atoms with Crippen molar-refractivity contribution < 1.29 is 14.5 Å². The molecule has 1 heterocycles. The Bertz CT molecular complexity index is 671. The van der Waals surface area contributed by atoms with Crippen LogP contribution in [0.5, 0.6) is 0 Å². The molecule has 2 aromatic rings. The van der Waals surface area contributed by atoms with E-state index >= 15 is 0 Å². The monoisotopic (exact) mass is 336 g/mol. The largest absolute Gasteiger partial charge is 0.465 e. The Morgan fingerprint density at radius 3 is 2.55 bits per heavy atom. The molecule has 0 radical (unpaired) electrons. The fourth-order valence-corrected chi connectivity index (χ4v) is 1.92. The van der Waals surface area contributed by atoms with Crippen LogP contribution in [-0.2, 0) is 4.74 Å². The average molecular weight is 337 g/mol. The molecule has 0 saturated carbocycles. The maximum atomic E-state index is 11.4. The van der Waals surface area contributed by atoms with Gasteiger partial charge in [-0.2, -0.15) is 0 Å². The van der Waals surface area contributed by atoms with E-state index in [1.807, 2.05) is 0 Å². The van der Waals surface area contributed by atoms with Crippen molar-refractivity contribution in [1.29, 1.82) is 0 Å². The standard InChI is InChI=1S/C13H9BrN2O4/c1-20-13(17)9-6-11(16(18)19)12(15-7-9)8-2-4-10(14)5-3-8/h2-7H,1H3. The predicted molar refractivity (Wildman–Crippen MR) is 75.4 cm³/mol. The summed E-state index contributed by atoms with van der Waals surface area (Å²) in [6, 6.07) is 8.09. The number of aromatic nitrogens is 1. The van der Waals surface area contributed by atoms with Gasteiger partial charge in [-0.3, -0.25) is 10.1 Å². The molecule has 0 amide bonds. The lowest BCUT2D eigenvalue weighted by molar-refractivity contribution is -0.384. The van der Waals surface area contributed by atoms with Crippen LogP contribution in [0.1, 0.15) is 10.4 Å². The number of halogens is 1. The maximum Gasteiger partial charge on any atom is 0.339 e. The molecule has 102 valence electrons. The van der Waals surface area contributed by atoms with Gasteiger partial charge in [-0.05, 0) is 12.1 Å². The Morgan fingerprint density at radius 1 is 1.35 bits per heavy atom. The highest BCUT2D eigenvalue weighted by molar-refractivity contribution is 9.10. The van der Waals surface area contributed by atoms with Gasteiger partial charge < -0.3 is 4.74 Å². The molecule has 0 fully saturated rings. The molecule has 0 bridgehead atoms. The molecule has 2 rings (SSSR count). The van der Waals surface area contributed by atoms with Crippen molar-refractivity contribution in [3.8, 4) is 11.3 Å². The number of esters is 1. The van der Waals surface area contributed by atoms with Crippen molar-refractivity contribution in [2.24, 2.45) is 0 Å². The van der Waals surface area contributed by atoms with Gasteiger partial charge >= 0.3 is 5.97 Å². The lowest BCUT2D eigenvalue weighted by Gasteiger charge is -2.04. The second-order valence-corrected chi connectivity index (χ2v) is 4.76. The molecule has 20 heavy (non-hydrogen) atoms. The summed E-state index contributed by atoms with van der Waals surface area (Å²) in [5, 5.41) is 11.1. The van der Waals surface area contributed by atoms with E-state index in [9.17, 15) is 14.9 Å². The summed E-state index contributed by atoms with van der Waals surface area (Å²) in [6.07, 6.45) is 1.26. The molecule has 1 aromatic carbocycles. The first-order valence-electron chi connectivity index (χ1n) is 5.51. The third kappa shape index (κ3) is 2.83. The number of carbonyl (C=O) groups is 1. The molecule has 0 aliphatic heterocycles. The number of benzene rings is 1. The maximum absolute atomic E-state index is 11.4. The molecule has 0 saturated heterocycles. The molecule has 0 aliphatic rings. The molecule has 1 aromatic heterocycles. The molecule has 0 N–H and O–H groups in total. The van der Waals surface area contributed by atoms with Crippen molar-refractivity contribution in [2.75, 3.05) is 7.11 Å². The normalized spacial score (nSPS) is 10.1. The van der Waals surface area contributed by atoms with Crippen LogP contribution < -0.4 is 0 Å². The number of nitro groups is 1. The number of nitrogens with zero attached hydrogens (tertiary/aromatic N) is 2. The number of methoxy groups -OCH3 is 1. The second-order valence-electron chi connectivity index (χ2n) is 3.85. The summed E-state index contributed by atoms with van der Waals surface area (Å²) in [5.74, 6) is -0.664. The fourth-order valence-electron chi connectivity index (χ4n) is 1.65. The molecule has 0 unspecified atom stereocenters. The van der Waals surface area contributed by atoms with Gasteiger partial charge in [0, 0.05) is 22.3 Å². The summed E-state index contributed by atoms with van der Waals surface area (Å²) < 4.78 is 5.38. The lowest BCUT2D eigenvalue weighted by Crippen LogP contribution is -2.04. The quantitative estimate of drug-likeness (QED) is 0.488. The molecule has 0 atom stereocenters. The molecule has 6 nitrogen and oxygen atoms in total. The van der Waals surface area contributed by atoms with Crippen molar-refractivity contribution in [3.05, 3.63) is 56.7 Å². The minimum Gasteiger partial charge on any atom is -0.465 e. The minimum atomic E-state index is -0.664. The second kappa shape index (κ2) is 5.79. The Labute approximate surface area is 122 Å². The third-order valence-corrected chi connectivity index (χ3v) is 3.13. The smallest absolute Gasteiger partial charge is 0.339 e. The van der Waals surface area contributed by atoms with Gasteiger partial charge in [0.1, 0.15) is 5.69 Å². The average Bonchev–Trinajstić information content (AvgIpc) is 2.46.